The highest BCUT2D eigenvalue weighted by atomic mass is 31.1. The first-order chi connectivity index (χ1) is 16.9. The molecule has 0 aliphatic carbocycles. The van der Waals surface area contributed by atoms with E-state index >= 15 is 0 Å². The predicted octanol–water partition coefficient (Wildman–Crippen LogP) is 9.36. The number of allylic oxidation sites excluding steroid dienone is 10. The van der Waals surface area contributed by atoms with E-state index in [1.807, 2.05) is 30.4 Å². The zero-order valence-electron chi connectivity index (χ0n) is 23.3. The van der Waals surface area contributed by atoms with Gasteiger partial charge in [0.2, 0.25) is 0 Å². The summed E-state index contributed by atoms with van der Waals surface area (Å²) in [5.74, 6) is 0. The summed E-state index contributed by atoms with van der Waals surface area (Å²) in [5, 5.41) is 1.20. The molecule has 2 aromatic rings. The number of hydrogen-bond donors (Lipinski definition) is 0. The van der Waals surface area contributed by atoms with Gasteiger partial charge in [0.15, 0.2) is 0 Å². The highest BCUT2D eigenvalue weighted by Crippen LogP contribution is 2.34. The van der Waals surface area contributed by atoms with Crippen LogP contribution >= 0.6 is 7.80 Å². The summed E-state index contributed by atoms with van der Waals surface area (Å²) >= 11 is 0. The molecule has 0 spiro atoms. The molecular weight excluding hydrogens is 450 g/mol. The topological polar surface area (TPSA) is 0 Å². The molecule has 0 amide bonds. The van der Waals surface area contributed by atoms with Gasteiger partial charge in [-0.2, -0.15) is 0 Å². The number of rotatable bonds is 9. The van der Waals surface area contributed by atoms with Gasteiger partial charge in [0, 0.05) is 0 Å². The quantitative estimate of drug-likeness (QED) is 0.186. The molecule has 186 valence electrons. The molecule has 0 nitrogen and oxygen atoms in total. The Balaban J connectivity index is 2.39. The lowest BCUT2D eigenvalue weighted by molar-refractivity contribution is 0.568. The molecule has 1 unspecified atom stereocenters. The van der Waals surface area contributed by atoms with Crippen molar-refractivity contribution in [1.82, 2.24) is 0 Å². The molecule has 0 heterocycles. The molecule has 0 aliphatic rings. The minimum atomic E-state index is -0.764. The lowest BCUT2D eigenvalue weighted by atomic mass is 9.79. The summed E-state index contributed by atoms with van der Waals surface area (Å²) in [6, 6.07) is 17.3. The molecule has 2 radical (unpaired) electrons. The Labute approximate surface area is 223 Å². The highest BCUT2D eigenvalue weighted by molar-refractivity contribution is 7.88. The second kappa shape index (κ2) is 13.1. The van der Waals surface area contributed by atoms with Crippen molar-refractivity contribution in [2.45, 2.75) is 59.3 Å². The average molecular weight is 492 g/mol. The Morgan fingerprint density at radius 2 is 1.39 bits per heavy atom. The fraction of sp³-hybridized carbons (Fsp3) is 0.294. The molecule has 2 aromatic carbocycles. The second-order valence-corrected chi connectivity index (χ2v) is 13.0. The first kappa shape index (κ1) is 29.6. The Hall–Kier alpha value is -2.63. The van der Waals surface area contributed by atoms with Crippen molar-refractivity contribution in [2.75, 3.05) is 6.16 Å². The van der Waals surface area contributed by atoms with Gasteiger partial charge >= 0.3 is 0 Å². The SMILES string of the molecule is [B]P(CC(=C/C=C)/C(C)=C/C=C/C(=C\C=C)c1cc(C(C)(C)C)cc(C(C)(C)C)c1)c1ccccc1. The molecule has 0 N–H and O–H groups in total. The maximum atomic E-state index is 6.58. The van der Waals surface area contributed by atoms with E-state index in [0.717, 1.165) is 11.7 Å². The van der Waals surface area contributed by atoms with Crippen molar-refractivity contribution in [3.8, 4) is 0 Å². The molecule has 0 saturated heterocycles. The molecule has 2 heteroatoms. The van der Waals surface area contributed by atoms with Crippen LogP contribution in [0.25, 0.3) is 5.57 Å². The smallest absolute Gasteiger partial charge is 0.115 e. The first-order valence-corrected chi connectivity index (χ1v) is 14.2. The van der Waals surface area contributed by atoms with Crippen LogP contribution in [0, 0.1) is 0 Å². The van der Waals surface area contributed by atoms with E-state index in [9.17, 15) is 0 Å². The molecule has 0 bridgehead atoms. The standard InChI is InChI=1S/C34H42BP/c1-10-16-27(29-22-30(33(4,5)6)24-31(23-29)34(7,8)9)19-15-18-26(3)28(17-11-2)25-36(35)32-20-13-12-14-21-32/h10-24H,1-2,25H2,3-9H3/b19-15+,26-18+,27-16+,28-17-. The van der Waals surface area contributed by atoms with Crippen molar-refractivity contribution in [3.63, 3.8) is 0 Å². The fourth-order valence-electron chi connectivity index (χ4n) is 3.78. The fourth-order valence-corrected chi connectivity index (χ4v) is 5.24. The van der Waals surface area contributed by atoms with E-state index in [1.54, 1.807) is 0 Å². The third kappa shape index (κ3) is 8.79. The Kier molecular flexibility index (Phi) is 10.8. The van der Waals surface area contributed by atoms with E-state index in [2.05, 4.69) is 122 Å². The highest BCUT2D eigenvalue weighted by Gasteiger charge is 2.21. The summed E-state index contributed by atoms with van der Waals surface area (Å²) in [5.41, 5.74) is 7.58. The zero-order valence-corrected chi connectivity index (χ0v) is 24.2. The zero-order chi connectivity index (χ0) is 26.9. The molecule has 1 atom stereocenters. The maximum absolute atomic E-state index is 6.58. The van der Waals surface area contributed by atoms with Gasteiger partial charge in [-0.15, -0.1) is 7.80 Å². The van der Waals surface area contributed by atoms with Crippen molar-refractivity contribution in [3.05, 3.63) is 132 Å². The second-order valence-electron chi connectivity index (χ2n) is 11.3. The van der Waals surface area contributed by atoms with Gasteiger partial charge < -0.3 is 0 Å². The molecule has 0 fully saturated rings. The van der Waals surface area contributed by atoms with Crippen molar-refractivity contribution < 1.29 is 0 Å². The largest absolute Gasteiger partial charge is 0.122 e. The van der Waals surface area contributed by atoms with Gasteiger partial charge in [-0.05, 0) is 62.6 Å². The van der Waals surface area contributed by atoms with Crippen LogP contribution in [-0.2, 0) is 10.8 Å². The summed E-state index contributed by atoms with van der Waals surface area (Å²) < 4.78 is 0. The van der Waals surface area contributed by atoms with Gasteiger partial charge in [-0.3, -0.25) is 0 Å². The van der Waals surface area contributed by atoms with Crippen LogP contribution in [0.15, 0.2) is 115 Å². The van der Waals surface area contributed by atoms with Crippen LogP contribution in [-0.4, -0.2) is 13.7 Å². The molecule has 0 aliphatic heterocycles. The minimum absolute atomic E-state index is 0.0687. The van der Waals surface area contributed by atoms with Crippen LogP contribution in [0.5, 0.6) is 0 Å². The Morgan fingerprint density at radius 3 is 1.89 bits per heavy atom. The van der Waals surface area contributed by atoms with Crippen LogP contribution in [0.2, 0.25) is 0 Å². The number of benzene rings is 2. The first-order valence-electron chi connectivity index (χ1n) is 12.6. The lowest BCUT2D eigenvalue weighted by Gasteiger charge is -2.26. The van der Waals surface area contributed by atoms with Crippen LogP contribution in [0.1, 0.15) is 65.2 Å². The lowest BCUT2D eigenvalue weighted by Crippen LogP contribution is -2.16. The summed E-state index contributed by atoms with van der Waals surface area (Å²) in [6.45, 7) is 23.6. The van der Waals surface area contributed by atoms with E-state index < -0.39 is 7.80 Å². The van der Waals surface area contributed by atoms with Gasteiger partial charge in [-0.25, -0.2) is 0 Å². The average Bonchev–Trinajstić information content (AvgIpc) is 2.82. The number of hydrogen-bond acceptors (Lipinski definition) is 0. The van der Waals surface area contributed by atoms with E-state index in [0.29, 0.717) is 0 Å². The molecule has 36 heavy (non-hydrogen) atoms. The van der Waals surface area contributed by atoms with Gasteiger partial charge in [0.05, 0.1) is 0 Å². The van der Waals surface area contributed by atoms with Crippen molar-refractivity contribution in [2.24, 2.45) is 0 Å². The summed E-state index contributed by atoms with van der Waals surface area (Å²) in [6.07, 6.45) is 15.2. The Morgan fingerprint density at radius 1 is 0.833 bits per heavy atom. The van der Waals surface area contributed by atoms with E-state index in [1.165, 1.54) is 33.1 Å². The summed E-state index contributed by atoms with van der Waals surface area (Å²) in [4.78, 5) is 0. The van der Waals surface area contributed by atoms with Gasteiger partial charge in [0.1, 0.15) is 7.57 Å². The third-order valence-electron chi connectivity index (χ3n) is 6.17. The van der Waals surface area contributed by atoms with E-state index in [4.69, 9.17) is 7.57 Å². The van der Waals surface area contributed by atoms with Crippen LogP contribution < -0.4 is 5.30 Å². The predicted molar refractivity (Wildman–Crippen MR) is 167 cm³/mol. The minimum Gasteiger partial charge on any atom is -0.122 e. The maximum Gasteiger partial charge on any atom is 0.115 e. The van der Waals surface area contributed by atoms with Gasteiger partial charge in [-0.1, -0.05) is 146 Å². The Bertz CT molecular complexity index is 1130. The van der Waals surface area contributed by atoms with Crippen molar-refractivity contribution >= 4 is 26.2 Å². The van der Waals surface area contributed by atoms with Crippen LogP contribution in [0.3, 0.4) is 0 Å². The molecular formula is C34H42BP. The van der Waals surface area contributed by atoms with E-state index in [-0.39, 0.29) is 10.8 Å². The molecule has 0 saturated carbocycles. The molecule has 0 aromatic heterocycles. The monoisotopic (exact) mass is 492 g/mol. The molecule has 2 rings (SSSR count). The normalized spacial score (nSPS) is 14.7. The third-order valence-corrected chi connectivity index (χ3v) is 7.81. The van der Waals surface area contributed by atoms with Gasteiger partial charge in [0.25, 0.3) is 0 Å². The summed E-state index contributed by atoms with van der Waals surface area (Å²) in [7, 11) is 5.82. The van der Waals surface area contributed by atoms with Crippen LogP contribution in [0.4, 0.5) is 0 Å². The van der Waals surface area contributed by atoms with Crippen molar-refractivity contribution in [1.29, 1.82) is 0 Å².